The zero-order chi connectivity index (χ0) is 51.5. The molecule has 0 bridgehead atoms. The van der Waals surface area contributed by atoms with E-state index in [0.717, 1.165) is 0 Å². The lowest BCUT2D eigenvalue weighted by Gasteiger charge is -2.27. The number of sulfone groups is 3. The van der Waals surface area contributed by atoms with Crippen LogP contribution in [0.3, 0.4) is 0 Å². The highest BCUT2D eigenvalue weighted by Gasteiger charge is 2.42. The Bertz CT molecular complexity index is 2670. The molecule has 6 N–H and O–H groups in total. The van der Waals surface area contributed by atoms with Gasteiger partial charge in [-0.05, 0) is 77.9 Å². The summed E-state index contributed by atoms with van der Waals surface area (Å²) in [5.74, 6) is -0.525. The maximum absolute atomic E-state index is 13.3. The van der Waals surface area contributed by atoms with Crippen LogP contribution in [0.2, 0.25) is 0 Å². The molecule has 0 radical (unpaired) electrons. The van der Waals surface area contributed by atoms with Crippen LogP contribution in [-0.2, 0) is 73.8 Å². The molecule has 7 atom stereocenters. The zero-order valence-electron chi connectivity index (χ0n) is 39.7. The van der Waals surface area contributed by atoms with Crippen molar-refractivity contribution < 1.29 is 64.7 Å². The summed E-state index contributed by atoms with van der Waals surface area (Å²) in [6.45, 7) is 11.2. The molecule has 3 aliphatic heterocycles. The maximum atomic E-state index is 13.3. The Balaban J connectivity index is 1.04. The molecule has 0 spiro atoms. The predicted octanol–water partition coefficient (Wildman–Crippen LogP) is 2.42. The van der Waals surface area contributed by atoms with Crippen LogP contribution in [0.15, 0.2) is 43.5 Å². The third kappa shape index (κ3) is 12.9. The number of fused-ring (bicyclic) bond motifs is 3. The third-order valence-corrected chi connectivity index (χ3v) is 29.6. The summed E-state index contributed by atoms with van der Waals surface area (Å²) < 4.78 is 183. The van der Waals surface area contributed by atoms with Gasteiger partial charge in [0.15, 0.2) is 29.5 Å². The molecule has 0 saturated heterocycles. The second-order valence-corrected chi connectivity index (χ2v) is 34.1. The van der Waals surface area contributed by atoms with Gasteiger partial charge in [0.05, 0.1) is 55.4 Å². The number of rotatable bonds is 27. The Morgan fingerprint density at radius 3 is 1.00 bits per heavy atom. The van der Waals surface area contributed by atoms with Crippen LogP contribution in [0.25, 0.3) is 0 Å². The SMILES string of the molecule is CCNC1C[C@H](C)S(=O)(=O)c2sc(S(=O)(=O)NCCOCC(COCCNS(=O)(=O)c3cc4c(s3)S(=O)(=O)C(C)C[C@@H]4NCC)COCCNS(=O)(=O)c3cc4c(s3)S(=O)(=O)[C@@H](C)C[C@@H]4NCC)cc21. The van der Waals surface area contributed by atoms with Crippen molar-refractivity contribution in [2.24, 2.45) is 5.92 Å². The van der Waals surface area contributed by atoms with Crippen molar-refractivity contribution in [2.75, 3.05) is 78.9 Å². The van der Waals surface area contributed by atoms with Gasteiger partial charge in [0, 0.05) is 60.4 Å². The molecule has 6 rings (SSSR count). The molecule has 3 unspecified atom stereocenters. The van der Waals surface area contributed by atoms with Crippen molar-refractivity contribution in [3.8, 4) is 0 Å². The number of hydrogen-bond donors (Lipinski definition) is 6. The first kappa shape index (κ1) is 57.7. The van der Waals surface area contributed by atoms with E-state index in [2.05, 4.69) is 30.1 Å². The lowest BCUT2D eigenvalue weighted by molar-refractivity contribution is -0.00226. The third-order valence-electron chi connectivity index (χ3n) is 12.1. The van der Waals surface area contributed by atoms with Crippen LogP contribution in [0, 0.1) is 5.92 Å². The molecule has 70 heavy (non-hydrogen) atoms. The molecule has 0 aliphatic carbocycles. The van der Waals surface area contributed by atoms with Gasteiger partial charge in [-0.25, -0.2) is 64.7 Å². The largest absolute Gasteiger partial charge is 0.380 e. The average Bonchev–Trinajstić information content (AvgIpc) is 4.07. The highest BCUT2D eigenvalue weighted by atomic mass is 32.3. The van der Waals surface area contributed by atoms with Gasteiger partial charge in [0.25, 0.3) is 0 Å². The summed E-state index contributed by atoms with van der Waals surface area (Å²) in [5.41, 5.74) is 1.27. The average molecular weight is 1160 g/mol. The lowest BCUT2D eigenvalue weighted by Crippen LogP contribution is -2.33. The summed E-state index contributed by atoms with van der Waals surface area (Å²) in [6, 6.07) is 3.23. The molecule has 3 aromatic heterocycles. The Labute approximate surface area is 424 Å². The van der Waals surface area contributed by atoms with E-state index >= 15 is 0 Å². The van der Waals surface area contributed by atoms with Gasteiger partial charge >= 0.3 is 0 Å². The van der Waals surface area contributed by atoms with Gasteiger partial charge in [-0.15, -0.1) is 34.0 Å². The van der Waals surface area contributed by atoms with Crippen LogP contribution in [-0.4, -0.2) is 145 Å². The van der Waals surface area contributed by atoms with Crippen LogP contribution in [0.4, 0.5) is 0 Å². The Hall–Kier alpha value is -1.56. The minimum Gasteiger partial charge on any atom is -0.380 e. The van der Waals surface area contributed by atoms with E-state index in [1.807, 2.05) is 20.8 Å². The number of hydrogen-bond acceptors (Lipinski definition) is 21. The van der Waals surface area contributed by atoms with Crippen molar-refractivity contribution in [3.05, 3.63) is 34.9 Å². The van der Waals surface area contributed by atoms with E-state index in [1.54, 1.807) is 20.8 Å². The highest BCUT2D eigenvalue weighted by molar-refractivity contribution is 7.97. The first-order chi connectivity index (χ1) is 32.8. The van der Waals surface area contributed by atoms with E-state index in [-0.39, 0.29) is 103 Å². The Morgan fingerprint density at radius 1 is 0.500 bits per heavy atom. The van der Waals surface area contributed by atoms with Crippen molar-refractivity contribution in [2.45, 2.75) is 120 Å². The van der Waals surface area contributed by atoms with Crippen molar-refractivity contribution in [1.29, 1.82) is 0 Å². The minimum absolute atomic E-state index is 0.0270. The Morgan fingerprint density at radius 2 is 0.757 bits per heavy atom. The quantitative estimate of drug-likeness (QED) is 0.0597. The zero-order valence-corrected chi connectivity index (χ0v) is 47.0. The van der Waals surface area contributed by atoms with Gasteiger partial charge in [0.2, 0.25) is 30.1 Å². The Kier molecular flexibility index (Phi) is 19.4. The molecule has 0 amide bonds. The van der Waals surface area contributed by atoms with Crippen LogP contribution < -0.4 is 30.1 Å². The van der Waals surface area contributed by atoms with Gasteiger partial charge in [-0.1, -0.05) is 20.8 Å². The summed E-state index contributed by atoms with van der Waals surface area (Å²) >= 11 is 2.11. The smallest absolute Gasteiger partial charge is 0.250 e. The second-order valence-electron chi connectivity index (χ2n) is 17.3. The van der Waals surface area contributed by atoms with Crippen LogP contribution in [0.5, 0.6) is 0 Å². The van der Waals surface area contributed by atoms with Gasteiger partial charge in [-0.2, -0.15) is 0 Å². The molecule has 0 saturated carbocycles. The van der Waals surface area contributed by atoms with Crippen molar-refractivity contribution >= 4 is 93.6 Å². The molecule has 3 aliphatic rings. The van der Waals surface area contributed by atoms with E-state index < -0.39 is 81.2 Å². The lowest BCUT2D eigenvalue weighted by atomic mass is 10.1. The number of ether oxygens (including phenoxy) is 3. The first-order valence-electron chi connectivity index (χ1n) is 22.9. The second kappa shape index (κ2) is 23.5. The normalized spacial score (nSPS) is 24.4. The summed E-state index contributed by atoms with van der Waals surface area (Å²) in [4.78, 5) is 0. The number of nitrogens with one attached hydrogen (secondary N) is 6. The minimum atomic E-state index is -4.13. The molecule has 3 aromatic rings. The summed E-state index contributed by atoms with van der Waals surface area (Å²) in [6.07, 6.45) is 0.930. The fraction of sp³-hybridized carbons (Fsp3) is 0.700. The van der Waals surface area contributed by atoms with E-state index in [1.165, 1.54) is 18.2 Å². The fourth-order valence-corrected chi connectivity index (χ4v) is 23.5. The molecule has 0 fully saturated rings. The molecule has 398 valence electrons. The maximum Gasteiger partial charge on any atom is 0.250 e. The molecule has 30 heteroatoms. The highest BCUT2D eigenvalue weighted by Crippen LogP contribution is 2.45. The molecule has 21 nitrogen and oxygen atoms in total. The monoisotopic (exact) mass is 1160 g/mol. The first-order valence-corrected chi connectivity index (χ1v) is 34.4. The van der Waals surface area contributed by atoms with Crippen molar-refractivity contribution in [1.82, 2.24) is 30.1 Å². The summed E-state index contributed by atoms with van der Waals surface area (Å²) in [5, 5.41) is 7.64. The van der Waals surface area contributed by atoms with E-state index in [9.17, 15) is 50.5 Å². The fourth-order valence-electron chi connectivity index (χ4n) is 8.37. The number of sulfonamides is 3. The molecule has 6 heterocycles. The molecular formula is C40H64N6O15S9. The van der Waals surface area contributed by atoms with Gasteiger partial charge in [-0.3, -0.25) is 0 Å². The van der Waals surface area contributed by atoms with E-state index in [0.29, 0.717) is 89.6 Å². The van der Waals surface area contributed by atoms with Gasteiger partial charge in [0.1, 0.15) is 25.3 Å². The molecular weight excluding hydrogens is 1090 g/mol. The standard InChI is InChI=1S/C40H64N6O15S9/c1-7-41-32-16-25(4)65(47,48)38-29(32)19-35(62-38)68(53,54)44-10-13-59-22-28(23-60-14-11-45-69(55,56)36-20-30-33(42-8-2)17-26(5)66(49,50)39(30)63-36)24-61-15-12-46-70(57,58)37-21-31-34(43-9-3)18-27(6)67(51,52)40(31)64-37/h19-21,25-28,32-34,41-46H,7-18,22-24H2,1-6H3/t25-,26-,27?,28?,32-,33?,34-/m0/s1. The van der Waals surface area contributed by atoms with Gasteiger partial charge < -0.3 is 30.2 Å². The van der Waals surface area contributed by atoms with E-state index in [4.69, 9.17) is 14.2 Å². The topological polar surface area (TPSA) is 305 Å². The molecule has 0 aromatic carbocycles. The number of thiophene rings is 3. The predicted molar refractivity (Wildman–Crippen MR) is 268 cm³/mol. The van der Waals surface area contributed by atoms with Crippen LogP contribution in [0.1, 0.15) is 95.6 Å². The summed E-state index contributed by atoms with van der Waals surface area (Å²) in [7, 11) is -23.5. The van der Waals surface area contributed by atoms with Crippen molar-refractivity contribution in [3.63, 3.8) is 0 Å². The van der Waals surface area contributed by atoms with Crippen LogP contribution >= 0.6 is 34.0 Å².